The molecule has 0 N–H and O–H groups in total. The van der Waals surface area contributed by atoms with Crippen LogP contribution < -0.4 is 56.5 Å². The molecule has 8 bridgehead atoms. The minimum Gasteiger partial charge on any atom is -0.386 e. The summed E-state index contributed by atoms with van der Waals surface area (Å²) in [6.07, 6.45) is 0. The molecule has 8 heterocycles. The van der Waals surface area contributed by atoms with Gasteiger partial charge in [-0.05, 0) is 102 Å². The summed E-state index contributed by atoms with van der Waals surface area (Å²) in [6.45, 7) is 1.92. The van der Waals surface area contributed by atoms with Gasteiger partial charge in [-0.15, -0.1) is 0 Å². The zero-order valence-electron chi connectivity index (χ0n) is 60.9. The molecular weight excluding hydrogens is 1600 g/mol. The number of hydrogen-bond acceptors (Lipinski definition) is 17. The number of rotatable bonds is 13. The van der Waals surface area contributed by atoms with Gasteiger partial charge in [-0.25, -0.2) is 9.80 Å². The van der Waals surface area contributed by atoms with Crippen LogP contribution in [-0.2, 0) is 53.5 Å². The minimum absolute atomic E-state index is 0.187. The lowest BCUT2D eigenvalue weighted by atomic mass is 10.1. The number of imide groups is 2. The highest BCUT2D eigenvalue weighted by molar-refractivity contribution is 7.14. The second-order valence-corrected chi connectivity index (χ2v) is 54.7. The van der Waals surface area contributed by atoms with Crippen LogP contribution in [0.15, 0.2) is 358 Å². The third kappa shape index (κ3) is 12.5. The van der Waals surface area contributed by atoms with Crippen molar-refractivity contribution in [1.29, 1.82) is 0 Å². The maximum absolute atomic E-state index is 14.9. The highest BCUT2D eigenvalue weighted by Gasteiger charge is 2.87. The molecule has 21 rings (SSSR count). The van der Waals surface area contributed by atoms with Gasteiger partial charge in [0.25, 0.3) is 23.6 Å². The number of carbonyl (C=O) groups excluding carboxylic acids is 4. The van der Waals surface area contributed by atoms with Gasteiger partial charge < -0.3 is 53.5 Å². The molecule has 115 heavy (non-hydrogen) atoms. The van der Waals surface area contributed by atoms with Crippen molar-refractivity contribution in [2.24, 2.45) is 0 Å². The van der Waals surface area contributed by atoms with E-state index in [0.29, 0.717) is 57.8 Å². The Balaban J connectivity index is 0.827. The summed E-state index contributed by atoms with van der Waals surface area (Å²) in [5.74, 6) is 10.4. The summed E-state index contributed by atoms with van der Waals surface area (Å²) in [6, 6.07) is 108. The molecule has 0 aliphatic carbocycles. The minimum atomic E-state index is -5.83. The Morgan fingerprint density at radius 1 is 0.243 bits per heavy atom. The number of fused-ring (bicyclic) bond motifs is 2. The van der Waals surface area contributed by atoms with Gasteiger partial charge in [0.05, 0.1) is 33.6 Å². The molecule has 28 heteroatoms. The molecule has 8 aliphatic heterocycles. The summed E-state index contributed by atoms with van der Waals surface area (Å²) in [5, 5.41) is 3.76. The van der Waals surface area contributed by atoms with Crippen LogP contribution >= 0.6 is 0 Å². The Morgan fingerprint density at radius 2 is 0.461 bits per heavy atom. The van der Waals surface area contributed by atoms with E-state index in [4.69, 9.17) is 53.5 Å². The molecule has 13 aromatic rings. The number of nitrogens with zero attached hydrogens (tertiary/aromatic N) is 2. The summed E-state index contributed by atoms with van der Waals surface area (Å²) >= 11 is 0. The number of anilines is 2. The van der Waals surface area contributed by atoms with Crippen molar-refractivity contribution in [3.63, 3.8) is 0 Å². The predicted molar refractivity (Wildman–Crippen MR) is 446 cm³/mol. The Bertz CT molecular complexity index is 5680. The van der Waals surface area contributed by atoms with Crippen LogP contribution in [0.4, 0.5) is 11.4 Å². The fraction of sp³-hybridized carbons (Fsp3) is 0.0115. The maximum atomic E-state index is 14.9. The molecule has 0 spiro atoms. The molecule has 0 aromatic heterocycles. The summed E-state index contributed by atoms with van der Waals surface area (Å²) in [7, 11) is -46.8. The van der Waals surface area contributed by atoms with Crippen molar-refractivity contribution >= 4 is 161 Å². The first-order chi connectivity index (χ1) is 56.1. The fourth-order valence-corrected chi connectivity index (χ4v) is 65.5. The molecule has 6 fully saturated rings. The average Bonchev–Trinajstić information content (AvgIpc) is 1.57. The van der Waals surface area contributed by atoms with E-state index in [2.05, 4.69) is 23.7 Å². The van der Waals surface area contributed by atoms with Crippen LogP contribution in [0.1, 0.15) is 63.7 Å². The third-order valence-electron chi connectivity index (χ3n) is 20.8. The van der Waals surface area contributed by atoms with Crippen LogP contribution in [0.2, 0.25) is 6.55 Å². The summed E-state index contributed by atoms with van der Waals surface area (Å²) in [5.41, 5.74) is 3.92. The van der Waals surface area contributed by atoms with E-state index in [9.17, 15) is 19.2 Å². The van der Waals surface area contributed by atoms with E-state index >= 15 is 0 Å². The quantitative estimate of drug-likeness (QED) is 0.0606. The lowest BCUT2D eigenvalue weighted by molar-refractivity contribution is -0.0260. The van der Waals surface area contributed by atoms with Crippen molar-refractivity contribution in [3.8, 4) is 23.7 Å². The Labute approximate surface area is 671 Å². The molecule has 6 saturated heterocycles. The normalized spacial score (nSPS) is 25.6. The van der Waals surface area contributed by atoms with Crippen molar-refractivity contribution in [3.05, 3.63) is 402 Å². The standard InChI is InChI=1S/C87H62N2O17Si9/c1-107(71-57-53-69(54-58-71)88-84(90)80-61-51-67(63-82(80)86(88)92)49-47-65-29-11-2-12-30-65,72-59-55-70(56-60-72)89-85(91)81-62-52-68(64-83(81)87(89)93)50-48-66-31-13-3-14-32-66)94-115-104-112(77-41-23-8-24-42-77)98-109(74-35-17-5-18-36-74)95-108(73-33-15-4-16-34-73)96-110(100-112,75-37-19-6-20-38-75)102-114(106-115,79-45-27-10-28-46-79)103-111(97-108,76-39-21-7-22-40-76)101-113(99-109,105-115)78-43-25-9-26-44-78/h2-46,51-64H,1H3. The number of benzene rings is 13. The predicted octanol–water partition coefficient (Wildman–Crippen LogP) is 8.42. The first-order valence-electron chi connectivity index (χ1n) is 37.0. The van der Waals surface area contributed by atoms with Gasteiger partial charge in [0.1, 0.15) is 0 Å². The van der Waals surface area contributed by atoms with Crippen molar-refractivity contribution < 1.29 is 72.7 Å². The van der Waals surface area contributed by atoms with E-state index in [-0.39, 0.29) is 33.6 Å². The van der Waals surface area contributed by atoms with Gasteiger partial charge in [0, 0.05) is 58.6 Å². The lowest BCUT2D eigenvalue weighted by Gasteiger charge is -2.62. The Kier molecular flexibility index (Phi) is 17.9. The van der Waals surface area contributed by atoms with Crippen molar-refractivity contribution in [2.45, 2.75) is 6.55 Å². The second kappa shape index (κ2) is 28.3. The number of amides is 4. The molecule has 13 aromatic carbocycles. The lowest BCUT2D eigenvalue weighted by Crippen LogP contribution is -2.96. The summed E-state index contributed by atoms with van der Waals surface area (Å²) in [4.78, 5) is 61.7. The van der Waals surface area contributed by atoms with E-state index in [1.807, 2.05) is 280 Å². The van der Waals surface area contributed by atoms with Crippen LogP contribution in [0, 0.1) is 23.7 Å². The van der Waals surface area contributed by atoms with Gasteiger partial charge in [-0.3, -0.25) is 19.2 Å². The largest absolute Gasteiger partial charge is 0.647 e. The van der Waals surface area contributed by atoms with E-state index in [0.717, 1.165) is 20.9 Å². The van der Waals surface area contributed by atoms with Gasteiger partial charge in [0.2, 0.25) is 8.32 Å². The van der Waals surface area contributed by atoms with Gasteiger partial charge >= 0.3 is 70.7 Å². The van der Waals surface area contributed by atoms with Crippen LogP contribution in [0.25, 0.3) is 0 Å². The number of hydrogen-bond donors (Lipinski definition) is 0. The zero-order valence-corrected chi connectivity index (χ0v) is 69.9. The van der Waals surface area contributed by atoms with Crippen LogP contribution in [-0.4, -0.2) is 103 Å². The SMILES string of the molecule is C[Si](O[Si]12O[Si]3(c4ccccc4)O[Si]4(c5ccccc5)O[Si](c5ccccc5)(O1)O[Si]1(c5ccccc5)O[Si](c5ccccc5)(O2)O[Si](c2ccccc2)(O3)O[Si](c2ccccc2)(O4)O1)(c1ccc(N2C(=O)c3ccc(C#Cc4ccccc4)cc3C2=O)cc1)c1ccc(N2C(=O)c3ccc(C#Cc4ccccc4)cc3C2=O)cc1. The zero-order chi connectivity index (χ0) is 77.7. The molecule has 558 valence electrons. The molecule has 19 nitrogen and oxygen atoms in total. The van der Waals surface area contributed by atoms with Gasteiger partial charge in [0.15, 0.2) is 0 Å². The molecule has 0 radical (unpaired) electrons. The van der Waals surface area contributed by atoms with Crippen LogP contribution in [0.5, 0.6) is 0 Å². The van der Waals surface area contributed by atoms with Crippen molar-refractivity contribution in [1.82, 2.24) is 0 Å². The first-order valence-corrected chi connectivity index (χ1v) is 53.1. The molecule has 0 saturated carbocycles. The fourth-order valence-electron chi connectivity index (χ4n) is 15.2. The van der Waals surface area contributed by atoms with Crippen LogP contribution in [0.3, 0.4) is 0 Å². The van der Waals surface area contributed by atoms with E-state index in [1.54, 1.807) is 84.9 Å². The van der Waals surface area contributed by atoms with Crippen molar-refractivity contribution in [2.75, 3.05) is 9.80 Å². The summed E-state index contributed by atoms with van der Waals surface area (Å²) < 4.78 is 109. The van der Waals surface area contributed by atoms with E-state index < -0.39 is 103 Å². The third-order valence-corrected chi connectivity index (χ3v) is 59.2. The van der Waals surface area contributed by atoms with E-state index in [1.165, 1.54) is 0 Å². The molecule has 0 atom stereocenters. The second-order valence-electron chi connectivity index (χ2n) is 28.1. The average molecular weight is 1660 g/mol. The Hall–Kier alpha value is -11.3. The highest BCUT2D eigenvalue weighted by atomic mass is 28.6. The van der Waals surface area contributed by atoms with Gasteiger partial charge in [-0.1, -0.05) is 297 Å². The molecule has 0 unspecified atom stereocenters. The monoisotopic (exact) mass is 1660 g/mol. The molecule has 8 aliphatic rings. The maximum Gasteiger partial charge on any atom is 0.647 e. The highest BCUT2D eigenvalue weighted by Crippen LogP contribution is 2.50. The Morgan fingerprint density at radius 3 is 0.713 bits per heavy atom. The molecular formula is C87H62N2O17Si9. The molecule has 4 amide bonds. The number of carbonyl (C=O) groups is 4. The first kappa shape index (κ1) is 72.6. The van der Waals surface area contributed by atoms with Gasteiger partial charge in [-0.2, -0.15) is 0 Å². The smallest absolute Gasteiger partial charge is 0.386 e. The topological polar surface area (TPSA) is 195 Å².